The summed E-state index contributed by atoms with van der Waals surface area (Å²) < 4.78 is 2.62. The van der Waals surface area contributed by atoms with Crippen LogP contribution < -0.4 is 21.5 Å². The molecule has 128 valence electrons. The van der Waals surface area contributed by atoms with Crippen LogP contribution >= 0.6 is 0 Å². The van der Waals surface area contributed by atoms with Crippen LogP contribution in [0.5, 0.6) is 0 Å². The average Bonchev–Trinajstić information content (AvgIpc) is 2.63. The van der Waals surface area contributed by atoms with E-state index in [0.29, 0.717) is 12.2 Å². The second-order valence-electron chi connectivity index (χ2n) is 6.12. The molecule has 8 heteroatoms. The van der Waals surface area contributed by atoms with Crippen LogP contribution in [0.3, 0.4) is 0 Å². The lowest BCUT2D eigenvalue weighted by molar-refractivity contribution is 0.413. The Morgan fingerprint density at radius 2 is 2.12 bits per heavy atom. The van der Waals surface area contributed by atoms with Gasteiger partial charge < -0.3 is 10.2 Å². The smallest absolute Gasteiger partial charge is 0.330 e. The van der Waals surface area contributed by atoms with Crippen molar-refractivity contribution in [2.24, 2.45) is 14.1 Å². The number of nitrogens with one attached hydrogen (secondary N) is 1. The van der Waals surface area contributed by atoms with E-state index in [1.807, 2.05) is 12.1 Å². The molecule has 0 aromatic carbocycles. The molecular formula is C16H22N6O2. The van der Waals surface area contributed by atoms with E-state index in [9.17, 15) is 9.59 Å². The number of anilines is 1. The molecule has 8 nitrogen and oxygen atoms in total. The van der Waals surface area contributed by atoms with E-state index in [1.165, 1.54) is 17.7 Å². The fourth-order valence-electron chi connectivity index (χ4n) is 3.01. The number of hydrogen-bond acceptors (Lipinski definition) is 6. The highest BCUT2D eigenvalue weighted by Crippen LogP contribution is 2.16. The van der Waals surface area contributed by atoms with Crippen molar-refractivity contribution in [2.75, 3.05) is 18.0 Å². The zero-order valence-corrected chi connectivity index (χ0v) is 14.0. The lowest BCUT2D eigenvalue weighted by Crippen LogP contribution is -2.47. The number of rotatable bonds is 4. The Morgan fingerprint density at radius 1 is 1.29 bits per heavy atom. The van der Waals surface area contributed by atoms with E-state index in [0.717, 1.165) is 36.3 Å². The first-order valence-corrected chi connectivity index (χ1v) is 8.08. The lowest BCUT2D eigenvalue weighted by atomic mass is 10.1. The molecule has 0 bridgehead atoms. The van der Waals surface area contributed by atoms with Gasteiger partial charge in [0.2, 0.25) is 0 Å². The van der Waals surface area contributed by atoms with Crippen molar-refractivity contribution in [1.29, 1.82) is 0 Å². The summed E-state index contributed by atoms with van der Waals surface area (Å²) in [5.74, 6) is 0.880. The van der Waals surface area contributed by atoms with Gasteiger partial charge in [0.15, 0.2) is 5.82 Å². The predicted molar refractivity (Wildman–Crippen MR) is 91.0 cm³/mol. The summed E-state index contributed by atoms with van der Waals surface area (Å²) in [5.41, 5.74) is 0.114. The Labute approximate surface area is 139 Å². The van der Waals surface area contributed by atoms with Crippen LogP contribution in [-0.4, -0.2) is 38.5 Å². The van der Waals surface area contributed by atoms with Gasteiger partial charge in [0.25, 0.3) is 5.56 Å². The summed E-state index contributed by atoms with van der Waals surface area (Å²) in [6, 6.07) is 5.63. The second-order valence-corrected chi connectivity index (χ2v) is 6.12. The predicted octanol–water partition coefficient (Wildman–Crippen LogP) is -0.367. The third-order valence-electron chi connectivity index (χ3n) is 4.50. The van der Waals surface area contributed by atoms with Gasteiger partial charge >= 0.3 is 5.69 Å². The maximum Gasteiger partial charge on any atom is 0.330 e. The van der Waals surface area contributed by atoms with Gasteiger partial charge in [-0.15, -0.1) is 5.10 Å². The molecule has 0 saturated carbocycles. The molecule has 0 radical (unpaired) electrons. The Hall–Kier alpha value is -2.48. The van der Waals surface area contributed by atoms with E-state index in [1.54, 1.807) is 13.2 Å². The SMILES string of the molecule is Cn1c(CNC2CCCN(c3cccnn3)C2)cc(=O)n(C)c1=O. The third kappa shape index (κ3) is 3.38. The maximum atomic E-state index is 12.0. The highest BCUT2D eigenvalue weighted by atomic mass is 16.2. The molecule has 3 heterocycles. The molecule has 1 atom stereocenters. The van der Waals surface area contributed by atoms with Crippen LogP contribution in [-0.2, 0) is 20.6 Å². The first-order chi connectivity index (χ1) is 11.6. The van der Waals surface area contributed by atoms with Crippen LogP contribution in [0, 0.1) is 0 Å². The van der Waals surface area contributed by atoms with Gasteiger partial charge in [-0.3, -0.25) is 13.9 Å². The normalized spacial score (nSPS) is 17.9. The summed E-state index contributed by atoms with van der Waals surface area (Å²) >= 11 is 0. The molecule has 1 N–H and O–H groups in total. The first-order valence-electron chi connectivity index (χ1n) is 8.08. The molecule has 0 amide bonds. The molecule has 1 saturated heterocycles. The van der Waals surface area contributed by atoms with Crippen LogP contribution in [0.1, 0.15) is 18.5 Å². The lowest BCUT2D eigenvalue weighted by Gasteiger charge is -2.33. The standard InChI is InChI=1S/C16H22N6O2/c1-20-13(9-15(23)21(2)16(20)24)10-17-12-5-4-8-22(11-12)14-6-3-7-18-19-14/h3,6-7,9,12,17H,4-5,8,10-11H2,1-2H3. The minimum atomic E-state index is -0.302. The Kier molecular flexibility index (Phi) is 4.75. The largest absolute Gasteiger partial charge is 0.354 e. The van der Waals surface area contributed by atoms with Crippen molar-refractivity contribution in [1.82, 2.24) is 24.6 Å². The van der Waals surface area contributed by atoms with Crippen molar-refractivity contribution in [2.45, 2.75) is 25.4 Å². The van der Waals surface area contributed by atoms with E-state index in [2.05, 4.69) is 20.4 Å². The highest BCUT2D eigenvalue weighted by molar-refractivity contribution is 5.37. The fraction of sp³-hybridized carbons (Fsp3) is 0.500. The maximum absolute atomic E-state index is 12.0. The van der Waals surface area contributed by atoms with Gasteiger partial charge in [-0.2, -0.15) is 5.10 Å². The molecule has 0 aliphatic carbocycles. The molecule has 24 heavy (non-hydrogen) atoms. The van der Waals surface area contributed by atoms with Gasteiger partial charge in [-0.05, 0) is 25.0 Å². The van der Waals surface area contributed by atoms with Crippen molar-refractivity contribution in [3.8, 4) is 0 Å². The molecule has 1 aliphatic rings. The molecule has 1 unspecified atom stereocenters. The van der Waals surface area contributed by atoms with Crippen molar-refractivity contribution in [3.05, 3.63) is 50.9 Å². The minimum absolute atomic E-state index is 0.278. The Balaban J connectivity index is 1.67. The van der Waals surface area contributed by atoms with E-state index < -0.39 is 0 Å². The first kappa shape index (κ1) is 16.4. The van der Waals surface area contributed by atoms with Gasteiger partial charge in [-0.25, -0.2) is 4.79 Å². The molecule has 2 aromatic rings. The van der Waals surface area contributed by atoms with Crippen molar-refractivity contribution in [3.63, 3.8) is 0 Å². The summed E-state index contributed by atoms with van der Waals surface area (Å²) in [6.45, 7) is 2.28. The van der Waals surface area contributed by atoms with E-state index >= 15 is 0 Å². The van der Waals surface area contributed by atoms with Gasteiger partial charge in [-0.1, -0.05) is 0 Å². The van der Waals surface area contributed by atoms with Gasteiger partial charge in [0.1, 0.15) is 0 Å². The van der Waals surface area contributed by atoms with Crippen LogP contribution in [0.2, 0.25) is 0 Å². The quantitative estimate of drug-likeness (QED) is 0.823. The fourth-order valence-corrected chi connectivity index (χ4v) is 3.01. The van der Waals surface area contributed by atoms with Crippen molar-refractivity contribution < 1.29 is 0 Å². The Bertz CT molecular complexity index is 814. The van der Waals surface area contributed by atoms with Crippen LogP contribution in [0.4, 0.5) is 5.82 Å². The zero-order chi connectivity index (χ0) is 17.1. The Morgan fingerprint density at radius 3 is 2.88 bits per heavy atom. The van der Waals surface area contributed by atoms with Gasteiger partial charge in [0.05, 0.1) is 0 Å². The summed E-state index contributed by atoms with van der Waals surface area (Å²) in [7, 11) is 3.17. The average molecular weight is 330 g/mol. The second kappa shape index (κ2) is 6.96. The highest BCUT2D eigenvalue weighted by Gasteiger charge is 2.21. The number of nitrogens with zero attached hydrogens (tertiary/aromatic N) is 5. The number of aromatic nitrogens is 4. The minimum Gasteiger partial charge on any atom is -0.354 e. The summed E-state index contributed by atoms with van der Waals surface area (Å²) in [6.07, 6.45) is 3.78. The molecule has 1 fully saturated rings. The molecule has 3 rings (SSSR count). The number of piperidine rings is 1. The third-order valence-corrected chi connectivity index (χ3v) is 4.50. The molecular weight excluding hydrogens is 308 g/mol. The monoisotopic (exact) mass is 330 g/mol. The topological polar surface area (TPSA) is 85.1 Å². The van der Waals surface area contributed by atoms with E-state index in [-0.39, 0.29) is 17.3 Å². The van der Waals surface area contributed by atoms with Crippen molar-refractivity contribution >= 4 is 5.82 Å². The number of hydrogen-bond donors (Lipinski definition) is 1. The molecule has 2 aromatic heterocycles. The summed E-state index contributed by atoms with van der Waals surface area (Å²) in [5, 5.41) is 11.5. The van der Waals surface area contributed by atoms with E-state index in [4.69, 9.17) is 0 Å². The summed E-state index contributed by atoms with van der Waals surface area (Å²) in [4.78, 5) is 26.0. The molecule has 1 aliphatic heterocycles. The zero-order valence-electron chi connectivity index (χ0n) is 14.0. The molecule has 0 spiro atoms. The van der Waals surface area contributed by atoms with Crippen LogP contribution in [0.25, 0.3) is 0 Å². The van der Waals surface area contributed by atoms with Crippen LogP contribution in [0.15, 0.2) is 34.0 Å². The van der Waals surface area contributed by atoms with Gasteiger partial charge in [0, 0.05) is 57.7 Å².